The Morgan fingerprint density at radius 2 is 2.08 bits per heavy atom. The minimum atomic E-state index is -0.875. The lowest BCUT2D eigenvalue weighted by atomic mass is 9.79. The molecule has 1 aliphatic heterocycles. The third kappa shape index (κ3) is 3.36. The van der Waals surface area contributed by atoms with E-state index in [4.69, 9.17) is 9.72 Å². The van der Waals surface area contributed by atoms with E-state index in [0.29, 0.717) is 29.1 Å². The number of pyridine rings is 1. The highest BCUT2D eigenvalue weighted by molar-refractivity contribution is 5.90. The van der Waals surface area contributed by atoms with Crippen molar-refractivity contribution in [1.29, 1.82) is 5.26 Å². The van der Waals surface area contributed by atoms with E-state index in [1.165, 1.54) is 5.56 Å². The van der Waals surface area contributed by atoms with Crippen LogP contribution in [-0.4, -0.2) is 56.0 Å². The van der Waals surface area contributed by atoms with Crippen molar-refractivity contribution < 1.29 is 9.53 Å². The molecule has 1 aromatic carbocycles. The van der Waals surface area contributed by atoms with Gasteiger partial charge in [0.05, 0.1) is 30.9 Å². The summed E-state index contributed by atoms with van der Waals surface area (Å²) in [6.45, 7) is 3.10. The zero-order valence-corrected chi connectivity index (χ0v) is 20.4. The normalized spacial score (nSPS) is 19.9. The summed E-state index contributed by atoms with van der Waals surface area (Å²) in [6, 6.07) is 12.8. The van der Waals surface area contributed by atoms with Gasteiger partial charge in [0.1, 0.15) is 28.1 Å². The minimum absolute atomic E-state index is 0.120. The fraction of sp³-hybridized carbons (Fsp3) is 0.370. The maximum absolute atomic E-state index is 11.7. The van der Waals surface area contributed by atoms with Gasteiger partial charge < -0.3 is 9.64 Å². The molecule has 9 heteroatoms. The second kappa shape index (κ2) is 8.48. The molecule has 182 valence electrons. The van der Waals surface area contributed by atoms with Crippen molar-refractivity contribution in [2.24, 2.45) is 0 Å². The van der Waals surface area contributed by atoms with Crippen molar-refractivity contribution in [3.05, 3.63) is 59.5 Å². The van der Waals surface area contributed by atoms with Gasteiger partial charge in [-0.15, -0.1) is 0 Å². The minimum Gasteiger partial charge on any atom is -0.495 e. The lowest BCUT2D eigenvalue weighted by molar-refractivity contribution is -0.130. The molecule has 1 fully saturated rings. The van der Waals surface area contributed by atoms with Crippen LogP contribution in [0.4, 0.5) is 0 Å². The lowest BCUT2D eigenvalue weighted by Crippen LogP contribution is -2.37. The number of aromatic nitrogens is 5. The van der Waals surface area contributed by atoms with Crippen LogP contribution in [-0.2, 0) is 16.6 Å². The molecular weight excluding hydrogens is 454 g/mol. The number of carbonyl (C=O) groups is 1. The standard InChI is InChI=1S/C27H27N7O2/c1-17(35)33-11-8-20(9-12-33)34-15-19(14-29-34)24-25-22(31-32-24)13-23(36-2)26(30-25)27(16-28)10-7-18-5-3-4-6-21(18)27/h3-6,13-15,20H,7-12H2,1-2H3,(H,31,32). The van der Waals surface area contributed by atoms with Crippen LogP contribution in [0.25, 0.3) is 22.3 Å². The maximum Gasteiger partial charge on any atom is 0.219 e. The summed E-state index contributed by atoms with van der Waals surface area (Å²) in [5.74, 6) is 0.693. The Balaban J connectivity index is 1.40. The SMILES string of the molecule is COc1cc2[nH]nc(-c3cnn(C4CCN(C(C)=O)CC4)c3)c2nc1C1(C#N)CCc2ccccc21. The summed E-state index contributed by atoms with van der Waals surface area (Å²) in [7, 11) is 1.61. The molecule has 1 aliphatic carbocycles. The van der Waals surface area contributed by atoms with Crippen LogP contribution in [0.2, 0.25) is 0 Å². The van der Waals surface area contributed by atoms with Crippen LogP contribution in [0.5, 0.6) is 5.75 Å². The number of nitriles is 1. The molecule has 0 bridgehead atoms. The molecule has 2 aliphatic rings. The number of aryl methyl sites for hydroxylation is 1. The summed E-state index contributed by atoms with van der Waals surface area (Å²) < 4.78 is 7.70. The number of H-pyrrole nitrogens is 1. The molecule has 1 unspecified atom stereocenters. The number of ether oxygens (including phenoxy) is 1. The topological polar surface area (TPSA) is 113 Å². The predicted molar refractivity (Wildman–Crippen MR) is 133 cm³/mol. The Bertz CT molecular complexity index is 1510. The Morgan fingerprint density at radius 1 is 1.28 bits per heavy atom. The maximum atomic E-state index is 11.7. The molecule has 0 saturated carbocycles. The number of aromatic amines is 1. The van der Waals surface area contributed by atoms with Crippen LogP contribution in [0.1, 0.15) is 49.0 Å². The third-order valence-electron chi connectivity index (χ3n) is 7.72. The largest absolute Gasteiger partial charge is 0.495 e. The van der Waals surface area contributed by atoms with Crippen LogP contribution >= 0.6 is 0 Å². The molecule has 1 N–H and O–H groups in total. The van der Waals surface area contributed by atoms with E-state index >= 15 is 0 Å². The molecule has 4 heterocycles. The van der Waals surface area contributed by atoms with Crippen molar-refractivity contribution in [2.45, 2.75) is 44.1 Å². The molecule has 3 aromatic heterocycles. The zero-order chi connectivity index (χ0) is 24.9. The lowest BCUT2D eigenvalue weighted by Gasteiger charge is -2.31. The second-order valence-electron chi connectivity index (χ2n) is 9.63. The molecule has 0 radical (unpaired) electrons. The van der Waals surface area contributed by atoms with Crippen molar-refractivity contribution >= 4 is 16.9 Å². The van der Waals surface area contributed by atoms with Crippen LogP contribution in [0.15, 0.2) is 42.7 Å². The van der Waals surface area contributed by atoms with Crippen LogP contribution in [0, 0.1) is 11.3 Å². The fourth-order valence-corrected chi connectivity index (χ4v) is 5.72. The van der Waals surface area contributed by atoms with Gasteiger partial charge in [0.2, 0.25) is 5.91 Å². The first kappa shape index (κ1) is 22.3. The molecule has 6 rings (SSSR count). The molecule has 4 aromatic rings. The number of fused-ring (bicyclic) bond motifs is 2. The third-order valence-corrected chi connectivity index (χ3v) is 7.72. The van der Waals surface area contributed by atoms with Crippen molar-refractivity contribution in [3.8, 4) is 23.1 Å². The van der Waals surface area contributed by atoms with Gasteiger partial charge in [0.25, 0.3) is 0 Å². The fourth-order valence-electron chi connectivity index (χ4n) is 5.72. The van der Waals surface area contributed by atoms with Gasteiger partial charge in [-0.1, -0.05) is 24.3 Å². The molecule has 9 nitrogen and oxygen atoms in total. The monoisotopic (exact) mass is 481 g/mol. The Morgan fingerprint density at radius 3 is 2.83 bits per heavy atom. The Labute approximate surface area is 208 Å². The highest BCUT2D eigenvalue weighted by Gasteiger charge is 2.44. The molecule has 1 saturated heterocycles. The van der Waals surface area contributed by atoms with Gasteiger partial charge in [-0.25, -0.2) is 4.98 Å². The van der Waals surface area contributed by atoms with E-state index in [9.17, 15) is 10.1 Å². The summed E-state index contributed by atoms with van der Waals surface area (Å²) in [4.78, 5) is 18.6. The second-order valence-corrected chi connectivity index (χ2v) is 9.63. The van der Waals surface area contributed by atoms with E-state index in [1.54, 1.807) is 14.0 Å². The quantitative estimate of drug-likeness (QED) is 0.475. The van der Waals surface area contributed by atoms with Gasteiger partial charge in [-0.2, -0.15) is 15.5 Å². The number of hydrogen-bond acceptors (Lipinski definition) is 6. The van der Waals surface area contributed by atoms with Crippen LogP contribution in [0.3, 0.4) is 0 Å². The van der Waals surface area contributed by atoms with E-state index < -0.39 is 5.41 Å². The van der Waals surface area contributed by atoms with Gasteiger partial charge in [-0.3, -0.25) is 14.6 Å². The number of nitrogens with one attached hydrogen (secondary N) is 1. The smallest absolute Gasteiger partial charge is 0.219 e. The molecule has 1 amide bonds. The van der Waals surface area contributed by atoms with Crippen molar-refractivity contribution in [2.75, 3.05) is 20.2 Å². The number of methoxy groups -OCH3 is 1. The van der Waals surface area contributed by atoms with Crippen molar-refractivity contribution in [3.63, 3.8) is 0 Å². The molecule has 36 heavy (non-hydrogen) atoms. The number of rotatable bonds is 4. The van der Waals surface area contributed by atoms with Crippen LogP contribution < -0.4 is 4.74 Å². The highest BCUT2D eigenvalue weighted by Crippen LogP contribution is 2.47. The molecule has 0 spiro atoms. The number of amides is 1. The number of likely N-dealkylation sites (tertiary alicyclic amines) is 1. The average molecular weight is 482 g/mol. The summed E-state index contributed by atoms with van der Waals surface area (Å²) in [5.41, 5.74) is 4.90. The highest BCUT2D eigenvalue weighted by atomic mass is 16.5. The van der Waals surface area contributed by atoms with E-state index in [1.807, 2.05) is 46.2 Å². The first-order valence-corrected chi connectivity index (χ1v) is 12.3. The summed E-state index contributed by atoms with van der Waals surface area (Å²) in [6.07, 6.45) is 7.02. The zero-order valence-electron chi connectivity index (χ0n) is 20.4. The number of benzene rings is 1. The first-order chi connectivity index (χ1) is 17.5. The van der Waals surface area contributed by atoms with Gasteiger partial charge >= 0.3 is 0 Å². The van der Waals surface area contributed by atoms with E-state index in [0.717, 1.165) is 49.0 Å². The number of hydrogen-bond donors (Lipinski definition) is 1. The average Bonchev–Trinajstić information content (AvgIpc) is 3.65. The number of nitrogens with zero attached hydrogens (tertiary/aromatic N) is 6. The molecule has 1 atom stereocenters. The summed E-state index contributed by atoms with van der Waals surface area (Å²) in [5, 5.41) is 22.7. The number of carbonyl (C=O) groups excluding carboxylic acids is 1. The summed E-state index contributed by atoms with van der Waals surface area (Å²) >= 11 is 0. The first-order valence-electron chi connectivity index (χ1n) is 12.3. The Hall–Kier alpha value is -4.19. The number of piperidine rings is 1. The van der Waals surface area contributed by atoms with E-state index in [2.05, 4.69) is 27.4 Å². The Kier molecular flexibility index (Phi) is 5.25. The van der Waals surface area contributed by atoms with E-state index in [-0.39, 0.29) is 11.9 Å². The molecular formula is C27H27N7O2. The van der Waals surface area contributed by atoms with Gasteiger partial charge in [-0.05, 0) is 36.8 Å². The predicted octanol–water partition coefficient (Wildman–Crippen LogP) is 3.77. The van der Waals surface area contributed by atoms with Gasteiger partial charge in [0.15, 0.2) is 0 Å². The van der Waals surface area contributed by atoms with Gasteiger partial charge in [0, 0.05) is 37.8 Å². The van der Waals surface area contributed by atoms with Crippen molar-refractivity contribution in [1.82, 2.24) is 29.9 Å².